The molecule has 2 aliphatic rings. The highest BCUT2D eigenvalue weighted by molar-refractivity contribution is 5.68. The zero-order valence-electron chi connectivity index (χ0n) is 13.9. The fraction of sp³-hybridized carbons (Fsp3) is 0.938. The summed E-state index contributed by atoms with van der Waals surface area (Å²) in [4.78, 5) is 14.1. The first-order chi connectivity index (χ1) is 9.87. The molecule has 0 aliphatic carbocycles. The van der Waals surface area contributed by atoms with Crippen molar-refractivity contribution in [2.45, 2.75) is 77.2 Å². The monoisotopic (exact) mass is 298 g/mol. The quantitative estimate of drug-likeness (QED) is 0.866. The molecular formula is C16H30N2O3. The van der Waals surface area contributed by atoms with Crippen molar-refractivity contribution in [2.75, 3.05) is 19.7 Å². The molecule has 0 spiro atoms. The van der Waals surface area contributed by atoms with Gasteiger partial charge in [-0.1, -0.05) is 0 Å². The van der Waals surface area contributed by atoms with Crippen molar-refractivity contribution < 1.29 is 14.3 Å². The van der Waals surface area contributed by atoms with Gasteiger partial charge in [-0.15, -0.1) is 0 Å². The Bertz CT molecular complexity index is 354. The van der Waals surface area contributed by atoms with Crippen LogP contribution in [0, 0.1) is 0 Å². The normalized spacial score (nSPS) is 29.9. The van der Waals surface area contributed by atoms with Crippen molar-refractivity contribution in [3.05, 3.63) is 0 Å². The average molecular weight is 298 g/mol. The number of nitrogens with zero attached hydrogens (tertiary/aromatic N) is 1. The highest BCUT2D eigenvalue weighted by Gasteiger charge is 2.32. The van der Waals surface area contributed by atoms with E-state index in [1.165, 1.54) is 0 Å². The smallest absolute Gasteiger partial charge is 0.410 e. The maximum Gasteiger partial charge on any atom is 0.410 e. The van der Waals surface area contributed by atoms with Crippen molar-refractivity contribution in [3.63, 3.8) is 0 Å². The summed E-state index contributed by atoms with van der Waals surface area (Å²) in [6.07, 6.45) is 4.37. The second-order valence-corrected chi connectivity index (χ2v) is 7.18. The van der Waals surface area contributed by atoms with Crippen LogP contribution in [-0.2, 0) is 9.47 Å². The lowest BCUT2D eigenvalue weighted by Gasteiger charge is -2.29. The maximum absolute atomic E-state index is 12.2. The zero-order valence-corrected chi connectivity index (χ0v) is 13.9. The van der Waals surface area contributed by atoms with Crippen LogP contribution in [0.3, 0.4) is 0 Å². The minimum Gasteiger partial charge on any atom is -0.444 e. The van der Waals surface area contributed by atoms with E-state index in [4.69, 9.17) is 9.47 Å². The predicted molar refractivity (Wildman–Crippen MR) is 82.4 cm³/mol. The van der Waals surface area contributed by atoms with E-state index < -0.39 is 5.60 Å². The second kappa shape index (κ2) is 6.97. The summed E-state index contributed by atoms with van der Waals surface area (Å²) < 4.78 is 11.1. The molecule has 2 fully saturated rings. The predicted octanol–water partition coefficient (Wildman–Crippen LogP) is 2.54. The topological polar surface area (TPSA) is 50.8 Å². The molecule has 1 amide bonds. The Morgan fingerprint density at radius 3 is 2.76 bits per heavy atom. The van der Waals surface area contributed by atoms with Gasteiger partial charge in [0.15, 0.2) is 0 Å². The molecular weight excluding hydrogens is 268 g/mol. The van der Waals surface area contributed by atoms with Gasteiger partial charge in [0.2, 0.25) is 0 Å². The van der Waals surface area contributed by atoms with Crippen LogP contribution in [0.5, 0.6) is 0 Å². The van der Waals surface area contributed by atoms with Crippen LogP contribution < -0.4 is 5.32 Å². The molecule has 0 aromatic carbocycles. The van der Waals surface area contributed by atoms with E-state index in [9.17, 15) is 4.79 Å². The zero-order chi connectivity index (χ0) is 15.5. The molecule has 1 N–H and O–H groups in total. The molecule has 0 saturated carbocycles. The van der Waals surface area contributed by atoms with Gasteiger partial charge in [0.05, 0.1) is 6.10 Å². The molecule has 2 heterocycles. The second-order valence-electron chi connectivity index (χ2n) is 7.18. The number of nitrogens with one attached hydrogen (secondary N) is 1. The number of hydrogen-bond donors (Lipinski definition) is 1. The molecule has 0 aromatic heterocycles. The third-order valence-corrected chi connectivity index (χ3v) is 4.27. The van der Waals surface area contributed by atoms with E-state index in [1.807, 2.05) is 25.7 Å². The molecule has 122 valence electrons. The van der Waals surface area contributed by atoms with Gasteiger partial charge in [-0.25, -0.2) is 4.79 Å². The van der Waals surface area contributed by atoms with Crippen LogP contribution in [0.2, 0.25) is 0 Å². The minimum atomic E-state index is -0.418. The van der Waals surface area contributed by atoms with E-state index in [1.54, 1.807) is 0 Å². The fourth-order valence-corrected chi connectivity index (χ4v) is 3.13. The highest BCUT2D eigenvalue weighted by Crippen LogP contribution is 2.23. The molecule has 2 saturated heterocycles. The SMILES string of the molecule is CC1OCCC1NCCC1CCCN1C(=O)OC(C)(C)C. The first-order valence-corrected chi connectivity index (χ1v) is 8.21. The van der Waals surface area contributed by atoms with Gasteiger partial charge in [0, 0.05) is 25.2 Å². The lowest BCUT2D eigenvalue weighted by molar-refractivity contribution is 0.0219. The lowest BCUT2D eigenvalue weighted by Crippen LogP contribution is -2.42. The maximum atomic E-state index is 12.2. The summed E-state index contributed by atoms with van der Waals surface area (Å²) >= 11 is 0. The Morgan fingerprint density at radius 1 is 1.38 bits per heavy atom. The standard InChI is InChI=1S/C16H30N2O3/c1-12-14(8-11-20-12)17-9-7-13-6-5-10-18(13)15(19)21-16(2,3)4/h12-14,17H,5-11H2,1-4H3. The van der Waals surface area contributed by atoms with Crippen LogP contribution in [0.15, 0.2) is 0 Å². The van der Waals surface area contributed by atoms with Gasteiger partial charge in [-0.05, 0) is 59.9 Å². The third kappa shape index (κ3) is 4.85. The Labute approximate surface area is 128 Å². The largest absolute Gasteiger partial charge is 0.444 e. The molecule has 3 unspecified atom stereocenters. The van der Waals surface area contributed by atoms with Crippen LogP contribution >= 0.6 is 0 Å². The summed E-state index contributed by atoms with van der Waals surface area (Å²) in [6.45, 7) is 10.5. The Morgan fingerprint density at radius 2 is 2.14 bits per heavy atom. The summed E-state index contributed by atoms with van der Waals surface area (Å²) in [5.74, 6) is 0. The third-order valence-electron chi connectivity index (χ3n) is 4.27. The molecule has 21 heavy (non-hydrogen) atoms. The number of hydrogen-bond acceptors (Lipinski definition) is 4. The molecule has 0 radical (unpaired) electrons. The number of ether oxygens (including phenoxy) is 2. The average Bonchev–Trinajstić information content (AvgIpc) is 2.97. The van der Waals surface area contributed by atoms with Gasteiger partial charge < -0.3 is 19.7 Å². The first kappa shape index (κ1) is 16.6. The Kier molecular flexibility index (Phi) is 5.49. The molecule has 0 aromatic rings. The molecule has 5 heteroatoms. The van der Waals surface area contributed by atoms with Gasteiger partial charge >= 0.3 is 6.09 Å². The van der Waals surface area contributed by atoms with Crippen LogP contribution in [0.25, 0.3) is 0 Å². The summed E-state index contributed by atoms with van der Waals surface area (Å²) in [6, 6.07) is 0.770. The van der Waals surface area contributed by atoms with Crippen molar-refractivity contribution in [2.24, 2.45) is 0 Å². The van der Waals surface area contributed by atoms with E-state index in [0.29, 0.717) is 18.2 Å². The Hall–Kier alpha value is -0.810. The molecule has 2 aliphatic heterocycles. The van der Waals surface area contributed by atoms with Crippen LogP contribution in [0.4, 0.5) is 4.79 Å². The lowest BCUT2D eigenvalue weighted by atomic mass is 10.1. The molecule has 5 nitrogen and oxygen atoms in total. The molecule has 2 rings (SSSR count). The van der Waals surface area contributed by atoms with E-state index >= 15 is 0 Å². The van der Waals surface area contributed by atoms with Gasteiger partial charge in [0.1, 0.15) is 5.60 Å². The molecule has 3 atom stereocenters. The number of rotatable bonds is 4. The highest BCUT2D eigenvalue weighted by atomic mass is 16.6. The van der Waals surface area contributed by atoms with Crippen molar-refractivity contribution in [1.29, 1.82) is 0 Å². The fourth-order valence-electron chi connectivity index (χ4n) is 3.13. The summed E-state index contributed by atoms with van der Waals surface area (Å²) in [5, 5.41) is 3.56. The number of likely N-dealkylation sites (tertiary alicyclic amines) is 1. The van der Waals surface area contributed by atoms with Crippen molar-refractivity contribution >= 4 is 6.09 Å². The minimum absolute atomic E-state index is 0.164. The summed E-state index contributed by atoms with van der Waals surface area (Å²) in [7, 11) is 0. The molecule has 0 bridgehead atoms. The van der Waals surface area contributed by atoms with Gasteiger partial charge in [-0.2, -0.15) is 0 Å². The first-order valence-electron chi connectivity index (χ1n) is 8.21. The Balaban J connectivity index is 1.75. The van der Waals surface area contributed by atoms with E-state index in [-0.39, 0.29) is 6.09 Å². The van der Waals surface area contributed by atoms with Crippen molar-refractivity contribution in [3.8, 4) is 0 Å². The number of carbonyl (C=O) groups is 1. The van der Waals surface area contributed by atoms with E-state index in [2.05, 4.69) is 12.2 Å². The van der Waals surface area contributed by atoms with Crippen LogP contribution in [-0.4, -0.2) is 54.5 Å². The van der Waals surface area contributed by atoms with Gasteiger partial charge in [0.25, 0.3) is 0 Å². The number of amides is 1. The van der Waals surface area contributed by atoms with Crippen molar-refractivity contribution in [1.82, 2.24) is 10.2 Å². The summed E-state index contributed by atoms with van der Waals surface area (Å²) in [5.41, 5.74) is -0.418. The number of carbonyl (C=O) groups excluding carboxylic acids is 1. The van der Waals surface area contributed by atoms with E-state index in [0.717, 1.165) is 45.4 Å². The van der Waals surface area contributed by atoms with Crippen LogP contribution in [0.1, 0.15) is 53.4 Å². The van der Waals surface area contributed by atoms with Gasteiger partial charge in [-0.3, -0.25) is 0 Å².